The third-order valence-electron chi connectivity index (χ3n) is 3.92. The topological polar surface area (TPSA) is 26.3 Å². The third-order valence-corrected chi connectivity index (χ3v) is 4.81. The van der Waals surface area contributed by atoms with Crippen LogP contribution in [0.4, 0.5) is 0 Å². The molecule has 3 rings (SSSR count). The largest absolute Gasteiger partial charge is 0.485 e. The SMILES string of the molecule is Cc1cc(OCC(=O)c2ccc3c(c2)CCC3)ccc1Br. The summed E-state index contributed by atoms with van der Waals surface area (Å²) in [4.78, 5) is 12.2. The molecule has 0 radical (unpaired) electrons. The van der Waals surface area contributed by atoms with Gasteiger partial charge in [-0.3, -0.25) is 4.79 Å². The predicted molar refractivity (Wildman–Crippen MR) is 87.2 cm³/mol. The molecule has 0 heterocycles. The Balaban J connectivity index is 1.67. The number of hydrogen-bond donors (Lipinski definition) is 0. The molecule has 0 fully saturated rings. The second-order valence-corrected chi connectivity index (χ2v) is 6.31. The summed E-state index contributed by atoms with van der Waals surface area (Å²) in [5.41, 5.74) is 4.55. The van der Waals surface area contributed by atoms with Crippen molar-refractivity contribution in [3.8, 4) is 5.75 Å². The summed E-state index contributed by atoms with van der Waals surface area (Å²) < 4.78 is 6.65. The molecule has 0 aliphatic heterocycles. The zero-order valence-corrected chi connectivity index (χ0v) is 13.6. The van der Waals surface area contributed by atoms with Crippen LogP contribution in [0.2, 0.25) is 0 Å². The lowest BCUT2D eigenvalue weighted by Crippen LogP contribution is -2.12. The van der Waals surface area contributed by atoms with Gasteiger partial charge in [-0.1, -0.05) is 28.1 Å². The van der Waals surface area contributed by atoms with Crippen molar-refractivity contribution in [2.45, 2.75) is 26.2 Å². The molecule has 0 spiro atoms. The molecule has 2 aromatic rings. The van der Waals surface area contributed by atoms with Crippen molar-refractivity contribution < 1.29 is 9.53 Å². The zero-order valence-electron chi connectivity index (χ0n) is 12.0. The molecule has 1 aliphatic rings. The Kier molecular flexibility index (Phi) is 4.11. The van der Waals surface area contributed by atoms with Crippen LogP contribution in [0.5, 0.6) is 5.75 Å². The van der Waals surface area contributed by atoms with Gasteiger partial charge in [0.25, 0.3) is 0 Å². The molecule has 0 unspecified atom stereocenters. The van der Waals surface area contributed by atoms with E-state index in [1.807, 2.05) is 37.3 Å². The minimum atomic E-state index is 0.0327. The monoisotopic (exact) mass is 344 g/mol. The van der Waals surface area contributed by atoms with E-state index in [9.17, 15) is 4.79 Å². The number of ketones is 1. The molecular weight excluding hydrogens is 328 g/mol. The lowest BCUT2D eigenvalue weighted by atomic mass is 10.0. The lowest BCUT2D eigenvalue weighted by molar-refractivity contribution is 0.0921. The molecule has 0 atom stereocenters. The van der Waals surface area contributed by atoms with E-state index in [0.717, 1.165) is 34.2 Å². The van der Waals surface area contributed by atoms with E-state index in [1.54, 1.807) is 0 Å². The van der Waals surface area contributed by atoms with E-state index in [2.05, 4.69) is 22.0 Å². The minimum absolute atomic E-state index is 0.0327. The van der Waals surface area contributed by atoms with Gasteiger partial charge in [0.2, 0.25) is 0 Å². The Hall–Kier alpha value is -1.61. The maximum absolute atomic E-state index is 12.2. The average molecular weight is 345 g/mol. The molecule has 3 heteroatoms. The number of aryl methyl sites for hydroxylation is 3. The van der Waals surface area contributed by atoms with Gasteiger partial charge < -0.3 is 4.74 Å². The van der Waals surface area contributed by atoms with E-state index >= 15 is 0 Å². The van der Waals surface area contributed by atoms with E-state index in [4.69, 9.17) is 4.74 Å². The molecule has 0 saturated carbocycles. The van der Waals surface area contributed by atoms with Crippen LogP contribution in [-0.4, -0.2) is 12.4 Å². The highest BCUT2D eigenvalue weighted by molar-refractivity contribution is 9.10. The van der Waals surface area contributed by atoms with Crippen molar-refractivity contribution in [3.05, 3.63) is 63.1 Å². The number of carbonyl (C=O) groups excluding carboxylic acids is 1. The minimum Gasteiger partial charge on any atom is -0.485 e. The summed E-state index contributed by atoms with van der Waals surface area (Å²) in [6.07, 6.45) is 3.42. The van der Waals surface area contributed by atoms with Crippen molar-refractivity contribution in [1.82, 2.24) is 0 Å². The van der Waals surface area contributed by atoms with Crippen molar-refractivity contribution in [2.24, 2.45) is 0 Å². The molecule has 21 heavy (non-hydrogen) atoms. The number of ether oxygens (including phenoxy) is 1. The van der Waals surface area contributed by atoms with Crippen LogP contribution < -0.4 is 4.74 Å². The first-order chi connectivity index (χ1) is 10.1. The molecule has 108 valence electrons. The summed E-state index contributed by atoms with van der Waals surface area (Å²) in [7, 11) is 0. The number of rotatable bonds is 4. The Morgan fingerprint density at radius 2 is 1.95 bits per heavy atom. The lowest BCUT2D eigenvalue weighted by Gasteiger charge is -2.08. The maximum Gasteiger partial charge on any atom is 0.200 e. The maximum atomic E-state index is 12.2. The van der Waals surface area contributed by atoms with Gasteiger partial charge in [-0.05, 0) is 67.1 Å². The summed E-state index contributed by atoms with van der Waals surface area (Å²) in [5, 5.41) is 0. The molecule has 0 aromatic heterocycles. The van der Waals surface area contributed by atoms with E-state index in [-0.39, 0.29) is 12.4 Å². The highest BCUT2D eigenvalue weighted by Gasteiger charge is 2.14. The number of carbonyl (C=O) groups is 1. The number of Topliss-reactive ketones (excluding diaryl/α,β-unsaturated/α-hetero) is 1. The molecule has 1 aliphatic carbocycles. The van der Waals surface area contributed by atoms with Gasteiger partial charge in [-0.2, -0.15) is 0 Å². The fourth-order valence-corrected chi connectivity index (χ4v) is 2.93. The van der Waals surface area contributed by atoms with Crippen molar-refractivity contribution in [2.75, 3.05) is 6.61 Å². The summed E-state index contributed by atoms with van der Waals surface area (Å²) in [5.74, 6) is 0.760. The van der Waals surface area contributed by atoms with Crippen LogP contribution in [0.1, 0.15) is 33.5 Å². The molecule has 0 amide bonds. The summed E-state index contributed by atoms with van der Waals surface area (Å²) in [6, 6.07) is 11.8. The fraction of sp³-hybridized carbons (Fsp3) is 0.278. The second-order valence-electron chi connectivity index (χ2n) is 5.46. The summed E-state index contributed by atoms with van der Waals surface area (Å²) >= 11 is 3.45. The van der Waals surface area contributed by atoms with Crippen LogP contribution in [-0.2, 0) is 12.8 Å². The van der Waals surface area contributed by atoms with Crippen molar-refractivity contribution in [3.63, 3.8) is 0 Å². The molecular formula is C18H17BrO2. The molecule has 0 N–H and O–H groups in total. The zero-order chi connectivity index (χ0) is 14.8. The highest BCUT2D eigenvalue weighted by atomic mass is 79.9. The van der Waals surface area contributed by atoms with Crippen LogP contribution in [0.25, 0.3) is 0 Å². The second kappa shape index (κ2) is 6.02. The molecule has 0 saturated heterocycles. The fourth-order valence-electron chi connectivity index (χ4n) is 2.68. The Labute approximate surface area is 133 Å². The van der Waals surface area contributed by atoms with Crippen LogP contribution in [0.15, 0.2) is 40.9 Å². The van der Waals surface area contributed by atoms with Crippen molar-refractivity contribution >= 4 is 21.7 Å². The first-order valence-corrected chi connectivity index (χ1v) is 7.97. The van der Waals surface area contributed by atoms with Gasteiger partial charge in [-0.15, -0.1) is 0 Å². The summed E-state index contributed by atoms with van der Waals surface area (Å²) in [6.45, 7) is 2.08. The first-order valence-electron chi connectivity index (χ1n) is 7.17. The number of fused-ring (bicyclic) bond motifs is 1. The van der Waals surface area contributed by atoms with Gasteiger partial charge >= 0.3 is 0 Å². The predicted octanol–water partition coefficient (Wildman–Crippen LogP) is 4.51. The van der Waals surface area contributed by atoms with Gasteiger partial charge in [0.15, 0.2) is 12.4 Å². The number of hydrogen-bond acceptors (Lipinski definition) is 2. The van der Waals surface area contributed by atoms with Crippen LogP contribution in [0.3, 0.4) is 0 Å². The highest BCUT2D eigenvalue weighted by Crippen LogP contribution is 2.24. The van der Waals surface area contributed by atoms with Crippen LogP contribution >= 0.6 is 15.9 Å². The Morgan fingerprint density at radius 1 is 1.14 bits per heavy atom. The van der Waals surface area contributed by atoms with E-state index in [1.165, 1.54) is 17.5 Å². The quantitative estimate of drug-likeness (QED) is 0.763. The Morgan fingerprint density at radius 3 is 2.76 bits per heavy atom. The number of halogens is 1. The van der Waals surface area contributed by atoms with Gasteiger partial charge in [-0.25, -0.2) is 0 Å². The van der Waals surface area contributed by atoms with E-state index in [0.29, 0.717) is 0 Å². The van der Waals surface area contributed by atoms with Crippen LogP contribution in [0, 0.1) is 6.92 Å². The van der Waals surface area contributed by atoms with Gasteiger partial charge in [0.1, 0.15) is 5.75 Å². The standard InChI is InChI=1S/C18H17BrO2/c1-12-9-16(7-8-17(12)19)21-11-18(20)15-6-5-13-3-2-4-14(13)10-15/h5-10H,2-4,11H2,1H3. The van der Waals surface area contributed by atoms with Gasteiger partial charge in [0, 0.05) is 10.0 Å². The molecule has 0 bridgehead atoms. The normalized spacial score (nSPS) is 13.0. The van der Waals surface area contributed by atoms with E-state index < -0.39 is 0 Å². The van der Waals surface area contributed by atoms with Crippen molar-refractivity contribution in [1.29, 1.82) is 0 Å². The average Bonchev–Trinajstić information content (AvgIpc) is 2.95. The van der Waals surface area contributed by atoms with Gasteiger partial charge in [0.05, 0.1) is 0 Å². The Bertz CT molecular complexity index is 692. The smallest absolute Gasteiger partial charge is 0.200 e. The molecule has 2 nitrogen and oxygen atoms in total. The molecule has 2 aromatic carbocycles. The number of benzene rings is 2. The first kappa shape index (κ1) is 14.3. The third kappa shape index (κ3) is 3.18.